The minimum absolute atomic E-state index is 0.205. The molecule has 1 aromatic heterocycles. The van der Waals surface area contributed by atoms with Gasteiger partial charge in [0, 0.05) is 37.6 Å². The third kappa shape index (κ3) is 3.27. The second-order valence-electron chi connectivity index (χ2n) is 4.80. The minimum Gasteiger partial charge on any atom is -0.339 e. The van der Waals surface area contributed by atoms with E-state index in [9.17, 15) is 4.79 Å². The summed E-state index contributed by atoms with van der Waals surface area (Å²) in [7, 11) is 0. The van der Waals surface area contributed by atoms with Crippen LogP contribution in [0.3, 0.4) is 0 Å². The summed E-state index contributed by atoms with van der Waals surface area (Å²) in [5.74, 6) is 0.205. The molecular weight excluding hydrogens is 214 g/mol. The quantitative estimate of drug-likeness (QED) is 0.823. The van der Waals surface area contributed by atoms with Gasteiger partial charge in [-0.15, -0.1) is 0 Å². The van der Waals surface area contributed by atoms with Gasteiger partial charge in [-0.3, -0.25) is 9.78 Å². The number of hydrogen-bond donors (Lipinski definition) is 1. The largest absolute Gasteiger partial charge is 0.339 e. The van der Waals surface area contributed by atoms with Crippen LogP contribution in [0.2, 0.25) is 0 Å². The number of carbonyl (C=O) groups is 1. The van der Waals surface area contributed by atoms with Gasteiger partial charge in [0.05, 0.1) is 6.42 Å². The van der Waals surface area contributed by atoms with Crippen molar-refractivity contribution in [1.82, 2.24) is 15.2 Å². The van der Waals surface area contributed by atoms with E-state index < -0.39 is 0 Å². The van der Waals surface area contributed by atoms with E-state index >= 15 is 0 Å². The number of nitrogens with zero attached hydrogens (tertiary/aromatic N) is 2. The fourth-order valence-electron chi connectivity index (χ4n) is 2.32. The Morgan fingerprint density at radius 3 is 2.53 bits per heavy atom. The van der Waals surface area contributed by atoms with E-state index in [0.717, 1.165) is 18.7 Å². The summed E-state index contributed by atoms with van der Waals surface area (Å²) < 4.78 is 0. The maximum absolute atomic E-state index is 12.1. The van der Waals surface area contributed by atoms with E-state index in [1.165, 1.54) is 0 Å². The van der Waals surface area contributed by atoms with Gasteiger partial charge >= 0.3 is 0 Å². The lowest BCUT2D eigenvalue weighted by Gasteiger charge is -2.36. The van der Waals surface area contributed by atoms with Crippen molar-refractivity contribution in [1.29, 1.82) is 0 Å². The van der Waals surface area contributed by atoms with Gasteiger partial charge in [0.25, 0.3) is 0 Å². The predicted molar refractivity (Wildman–Crippen MR) is 66.6 cm³/mol. The van der Waals surface area contributed by atoms with Crippen molar-refractivity contribution in [3.8, 4) is 0 Å². The second-order valence-corrected chi connectivity index (χ2v) is 4.80. The van der Waals surface area contributed by atoms with Crippen LogP contribution in [0.1, 0.15) is 19.4 Å². The lowest BCUT2D eigenvalue weighted by Crippen LogP contribution is -2.56. The van der Waals surface area contributed by atoms with Crippen molar-refractivity contribution in [3.05, 3.63) is 30.1 Å². The van der Waals surface area contributed by atoms with Gasteiger partial charge in [0.1, 0.15) is 0 Å². The van der Waals surface area contributed by atoms with Crippen molar-refractivity contribution in [3.63, 3.8) is 0 Å². The zero-order valence-corrected chi connectivity index (χ0v) is 10.4. The molecule has 1 amide bonds. The van der Waals surface area contributed by atoms with Gasteiger partial charge in [-0.2, -0.15) is 0 Å². The van der Waals surface area contributed by atoms with E-state index in [-0.39, 0.29) is 5.91 Å². The number of hydrogen-bond acceptors (Lipinski definition) is 3. The van der Waals surface area contributed by atoms with Crippen LogP contribution in [0.15, 0.2) is 24.5 Å². The van der Waals surface area contributed by atoms with Gasteiger partial charge in [-0.1, -0.05) is 0 Å². The summed E-state index contributed by atoms with van der Waals surface area (Å²) in [4.78, 5) is 18.0. The highest BCUT2D eigenvalue weighted by atomic mass is 16.2. The zero-order valence-electron chi connectivity index (χ0n) is 10.4. The highest BCUT2D eigenvalue weighted by Gasteiger charge is 2.24. The number of pyridine rings is 1. The molecule has 0 spiro atoms. The average Bonchev–Trinajstić information content (AvgIpc) is 2.29. The van der Waals surface area contributed by atoms with Crippen LogP contribution in [-0.4, -0.2) is 41.0 Å². The Morgan fingerprint density at radius 1 is 1.35 bits per heavy atom. The van der Waals surface area contributed by atoms with Gasteiger partial charge in [0.2, 0.25) is 5.91 Å². The van der Waals surface area contributed by atoms with E-state index in [2.05, 4.69) is 24.1 Å². The molecule has 1 aromatic rings. The van der Waals surface area contributed by atoms with Crippen LogP contribution in [0.25, 0.3) is 0 Å². The molecule has 92 valence electrons. The predicted octanol–water partition coefficient (Wildman–Crippen LogP) is 0.833. The molecule has 0 radical (unpaired) electrons. The Kier molecular flexibility index (Phi) is 3.74. The van der Waals surface area contributed by atoms with E-state index in [1.54, 1.807) is 12.4 Å². The van der Waals surface area contributed by atoms with E-state index in [0.29, 0.717) is 18.5 Å². The molecule has 1 saturated heterocycles. The average molecular weight is 233 g/mol. The van der Waals surface area contributed by atoms with Crippen LogP contribution in [-0.2, 0) is 11.2 Å². The molecule has 2 rings (SSSR count). The van der Waals surface area contributed by atoms with Crippen LogP contribution in [0, 0.1) is 0 Å². The highest BCUT2D eigenvalue weighted by molar-refractivity contribution is 5.78. The summed E-state index contributed by atoms with van der Waals surface area (Å²) >= 11 is 0. The smallest absolute Gasteiger partial charge is 0.227 e. The van der Waals surface area contributed by atoms with Crippen molar-refractivity contribution >= 4 is 5.91 Å². The highest BCUT2D eigenvalue weighted by Crippen LogP contribution is 2.07. The first-order chi connectivity index (χ1) is 8.15. The molecule has 17 heavy (non-hydrogen) atoms. The summed E-state index contributed by atoms with van der Waals surface area (Å²) in [6, 6.07) is 4.54. The van der Waals surface area contributed by atoms with E-state index in [1.807, 2.05) is 17.0 Å². The number of piperazine rings is 1. The molecule has 1 fully saturated rings. The molecule has 0 saturated carbocycles. The Labute approximate surface area is 102 Å². The first-order valence-corrected chi connectivity index (χ1v) is 6.08. The lowest BCUT2D eigenvalue weighted by atomic mass is 10.1. The summed E-state index contributed by atoms with van der Waals surface area (Å²) in [6.07, 6.45) is 3.93. The maximum atomic E-state index is 12.1. The number of nitrogens with one attached hydrogen (secondary N) is 1. The molecule has 0 aliphatic carbocycles. The Bertz CT molecular complexity index is 370. The molecule has 0 bridgehead atoms. The van der Waals surface area contributed by atoms with Crippen molar-refractivity contribution in [2.24, 2.45) is 0 Å². The van der Waals surface area contributed by atoms with Crippen LogP contribution >= 0.6 is 0 Å². The number of amides is 1. The molecule has 0 aromatic carbocycles. The first-order valence-electron chi connectivity index (χ1n) is 6.08. The molecular formula is C13H19N3O. The third-order valence-electron chi connectivity index (χ3n) is 3.01. The Hall–Kier alpha value is -1.42. The van der Waals surface area contributed by atoms with Crippen LogP contribution in [0.5, 0.6) is 0 Å². The fourth-order valence-corrected chi connectivity index (χ4v) is 2.32. The number of aromatic nitrogens is 1. The molecule has 2 atom stereocenters. The van der Waals surface area contributed by atoms with E-state index in [4.69, 9.17) is 0 Å². The monoisotopic (exact) mass is 233 g/mol. The van der Waals surface area contributed by atoms with Crippen molar-refractivity contribution in [2.75, 3.05) is 13.1 Å². The zero-order chi connectivity index (χ0) is 12.3. The lowest BCUT2D eigenvalue weighted by molar-refractivity contribution is -0.132. The molecule has 4 heteroatoms. The van der Waals surface area contributed by atoms with Gasteiger partial charge in [-0.25, -0.2) is 0 Å². The summed E-state index contributed by atoms with van der Waals surface area (Å²) in [6.45, 7) is 5.83. The van der Waals surface area contributed by atoms with Gasteiger partial charge in [-0.05, 0) is 31.5 Å². The molecule has 2 unspecified atom stereocenters. The third-order valence-corrected chi connectivity index (χ3v) is 3.01. The standard InChI is InChI=1S/C13H19N3O/c1-10-8-16(9-11(2)15-10)13(17)7-12-3-5-14-6-4-12/h3-6,10-11,15H,7-9H2,1-2H3. The fraction of sp³-hybridized carbons (Fsp3) is 0.538. The molecule has 1 aliphatic heterocycles. The maximum Gasteiger partial charge on any atom is 0.227 e. The second kappa shape index (κ2) is 5.27. The van der Waals surface area contributed by atoms with Gasteiger partial charge < -0.3 is 10.2 Å². The molecule has 2 heterocycles. The number of carbonyl (C=O) groups excluding carboxylic acids is 1. The van der Waals surface area contributed by atoms with Crippen LogP contribution in [0.4, 0.5) is 0 Å². The van der Waals surface area contributed by atoms with Gasteiger partial charge in [0.15, 0.2) is 0 Å². The topological polar surface area (TPSA) is 45.2 Å². The van der Waals surface area contributed by atoms with Crippen molar-refractivity contribution in [2.45, 2.75) is 32.4 Å². The Morgan fingerprint density at radius 2 is 1.94 bits per heavy atom. The summed E-state index contributed by atoms with van der Waals surface area (Å²) in [5, 5.41) is 3.42. The minimum atomic E-state index is 0.205. The first kappa shape index (κ1) is 12.0. The van der Waals surface area contributed by atoms with Crippen molar-refractivity contribution < 1.29 is 4.79 Å². The molecule has 4 nitrogen and oxygen atoms in total. The summed E-state index contributed by atoms with van der Waals surface area (Å²) in [5.41, 5.74) is 1.03. The number of rotatable bonds is 2. The SMILES string of the molecule is CC1CN(C(=O)Cc2ccncc2)CC(C)N1. The Balaban J connectivity index is 1.96. The molecule has 1 aliphatic rings. The molecule has 1 N–H and O–H groups in total. The normalized spacial score (nSPS) is 24.7. The van der Waals surface area contributed by atoms with Crippen LogP contribution < -0.4 is 5.32 Å².